The first kappa shape index (κ1) is 13.2. The number of hydrogen-bond donors (Lipinski definition) is 1. The van der Waals surface area contributed by atoms with Gasteiger partial charge in [0.25, 0.3) is 5.56 Å². The number of rotatable bonds is 4. The first-order valence-electron chi connectivity index (χ1n) is 5.68. The van der Waals surface area contributed by atoms with Crippen molar-refractivity contribution in [1.29, 1.82) is 0 Å². The number of benzene rings is 1. The van der Waals surface area contributed by atoms with E-state index in [0.29, 0.717) is 11.4 Å². The Hall–Kier alpha value is -2.25. The monoisotopic (exact) mass is 268 g/mol. The molecular formula is C15H12N2OS. The van der Waals surface area contributed by atoms with Gasteiger partial charge < -0.3 is 0 Å². The van der Waals surface area contributed by atoms with Crippen molar-refractivity contribution in [3.05, 3.63) is 58.0 Å². The number of aromatic amines is 1. The molecule has 19 heavy (non-hydrogen) atoms. The van der Waals surface area contributed by atoms with Crippen LogP contribution in [-0.2, 0) is 0 Å². The lowest BCUT2D eigenvalue weighted by Gasteiger charge is -1.98. The summed E-state index contributed by atoms with van der Waals surface area (Å²) in [4.78, 5) is 12.0. The van der Waals surface area contributed by atoms with E-state index in [9.17, 15) is 4.79 Å². The van der Waals surface area contributed by atoms with E-state index in [0.717, 1.165) is 10.5 Å². The number of aromatic nitrogens is 2. The van der Waals surface area contributed by atoms with Crippen LogP contribution in [0, 0.1) is 12.3 Å². The molecule has 0 aliphatic carbocycles. The zero-order valence-electron chi connectivity index (χ0n) is 10.2. The van der Waals surface area contributed by atoms with Crippen LogP contribution in [0.1, 0.15) is 11.3 Å². The molecule has 1 heterocycles. The van der Waals surface area contributed by atoms with E-state index in [2.05, 4.69) is 16.1 Å². The van der Waals surface area contributed by atoms with Crippen molar-refractivity contribution in [2.75, 3.05) is 5.75 Å². The van der Waals surface area contributed by atoms with Crippen LogP contribution in [-0.4, -0.2) is 16.0 Å². The summed E-state index contributed by atoms with van der Waals surface area (Å²) < 4.78 is 0. The van der Waals surface area contributed by atoms with E-state index in [1.165, 1.54) is 6.07 Å². The summed E-state index contributed by atoms with van der Waals surface area (Å²) >= 11 is 1.63. The Morgan fingerprint density at radius 2 is 2.00 bits per heavy atom. The Kier molecular flexibility index (Phi) is 4.60. The Morgan fingerprint density at radius 1 is 1.21 bits per heavy atom. The molecule has 0 aliphatic heterocycles. The summed E-state index contributed by atoms with van der Waals surface area (Å²) in [5.41, 5.74) is 1.58. The molecule has 3 nitrogen and oxygen atoms in total. The third kappa shape index (κ3) is 4.16. The van der Waals surface area contributed by atoms with Crippen LogP contribution in [0.25, 0.3) is 12.2 Å². The summed E-state index contributed by atoms with van der Waals surface area (Å²) in [7, 11) is 0. The lowest BCUT2D eigenvalue weighted by molar-refractivity contribution is 0.977. The van der Waals surface area contributed by atoms with Gasteiger partial charge in [-0.15, -0.1) is 18.2 Å². The molecule has 0 bridgehead atoms. The van der Waals surface area contributed by atoms with Crippen LogP contribution < -0.4 is 5.56 Å². The van der Waals surface area contributed by atoms with E-state index < -0.39 is 0 Å². The van der Waals surface area contributed by atoms with Crippen LogP contribution >= 0.6 is 11.8 Å². The van der Waals surface area contributed by atoms with Crippen molar-refractivity contribution in [3.8, 4) is 12.3 Å². The fourth-order valence-electron chi connectivity index (χ4n) is 1.43. The Labute approximate surface area is 115 Å². The minimum absolute atomic E-state index is 0.202. The highest BCUT2D eigenvalue weighted by Crippen LogP contribution is 2.18. The second kappa shape index (κ2) is 6.62. The molecule has 94 valence electrons. The molecule has 1 aromatic carbocycles. The topological polar surface area (TPSA) is 45.8 Å². The number of H-pyrrole nitrogens is 1. The molecule has 0 atom stereocenters. The molecule has 0 radical (unpaired) electrons. The normalized spacial score (nSPS) is 10.5. The lowest BCUT2D eigenvalue weighted by Crippen LogP contribution is -2.05. The minimum atomic E-state index is -0.202. The van der Waals surface area contributed by atoms with E-state index in [-0.39, 0.29) is 5.56 Å². The maximum absolute atomic E-state index is 10.9. The molecule has 0 spiro atoms. The number of terminal acetylenes is 1. The molecule has 2 aromatic rings. The molecule has 2 rings (SSSR count). The molecule has 0 unspecified atom stereocenters. The predicted octanol–water partition coefficient (Wildman–Crippen LogP) is 2.67. The average Bonchev–Trinajstić information content (AvgIpc) is 2.46. The van der Waals surface area contributed by atoms with Crippen LogP contribution in [0.5, 0.6) is 0 Å². The SMILES string of the molecule is C#CCSc1ccc(C=Cc2ccc(=O)[nH]n2)cc1. The standard InChI is InChI=1S/C15H12N2OS/c1-2-11-19-14-8-4-12(5-9-14)3-6-13-7-10-15(18)17-16-13/h1,3-10H,11H2,(H,17,18). The molecule has 0 amide bonds. The lowest BCUT2D eigenvalue weighted by atomic mass is 10.2. The summed E-state index contributed by atoms with van der Waals surface area (Å²) in [5.74, 6) is 3.27. The number of thioether (sulfide) groups is 1. The van der Waals surface area contributed by atoms with Gasteiger partial charge in [-0.1, -0.05) is 24.1 Å². The van der Waals surface area contributed by atoms with Crippen molar-refractivity contribution in [2.45, 2.75) is 4.90 Å². The molecule has 0 saturated carbocycles. The van der Waals surface area contributed by atoms with Gasteiger partial charge in [0.2, 0.25) is 0 Å². The van der Waals surface area contributed by atoms with Crippen molar-refractivity contribution in [2.24, 2.45) is 0 Å². The van der Waals surface area contributed by atoms with Crippen molar-refractivity contribution >= 4 is 23.9 Å². The largest absolute Gasteiger partial charge is 0.268 e. The van der Waals surface area contributed by atoms with Gasteiger partial charge in [0.15, 0.2) is 0 Å². The predicted molar refractivity (Wildman–Crippen MR) is 79.8 cm³/mol. The second-order valence-electron chi connectivity index (χ2n) is 3.74. The van der Waals surface area contributed by atoms with Crippen LogP contribution in [0.4, 0.5) is 0 Å². The van der Waals surface area contributed by atoms with Crippen LogP contribution in [0.3, 0.4) is 0 Å². The smallest absolute Gasteiger partial charge is 0.264 e. The molecule has 0 saturated heterocycles. The second-order valence-corrected chi connectivity index (χ2v) is 4.79. The van der Waals surface area contributed by atoms with Crippen molar-refractivity contribution in [3.63, 3.8) is 0 Å². The van der Waals surface area contributed by atoms with Crippen molar-refractivity contribution in [1.82, 2.24) is 10.2 Å². The van der Waals surface area contributed by atoms with Crippen LogP contribution in [0.15, 0.2) is 46.1 Å². The maximum Gasteiger partial charge on any atom is 0.264 e. The van der Waals surface area contributed by atoms with Gasteiger partial charge in [0, 0.05) is 11.0 Å². The Balaban J connectivity index is 2.05. The van der Waals surface area contributed by atoms with Gasteiger partial charge in [0.05, 0.1) is 11.4 Å². The zero-order chi connectivity index (χ0) is 13.5. The van der Waals surface area contributed by atoms with Crippen LogP contribution in [0.2, 0.25) is 0 Å². The van der Waals surface area contributed by atoms with Gasteiger partial charge >= 0.3 is 0 Å². The summed E-state index contributed by atoms with van der Waals surface area (Å²) in [6.45, 7) is 0. The highest BCUT2D eigenvalue weighted by atomic mass is 32.2. The fraction of sp³-hybridized carbons (Fsp3) is 0.0667. The van der Waals surface area contributed by atoms with Crippen molar-refractivity contribution < 1.29 is 0 Å². The number of hydrogen-bond acceptors (Lipinski definition) is 3. The first-order valence-corrected chi connectivity index (χ1v) is 6.66. The molecule has 0 fully saturated rings. The van der Waals surface area contributed by atoms with Gasteiger partial charge in [-0.25, -0.2) is 5.10 Å². The third-order valence-electron chi connectivity index (χ3n) is 2.35. The van der Waals surface area contributed by atoms with Gasteiger partial charge in [0.1, 0.15) is 0 Å². The van der Waals surface area contributed by atoms with E-state index >= 15 is 0 Å². The van der Waals surface area contributed by atoms with E-state index in [4.69, 9.17) is 6.42 Å². The van der Waals surface area contributed by atoms with Gasteiger partial charge in [-0.2, -0.15) is 5.10 Å². The fourth-order valence-corrected chi connectivity index (χ4v) is 2.01. The molecule has 1 N–H and O–H groups in total. The number of nitrogens with zero attached hydrogens (tertiary/aromatic N) is 1. The molecule has 4 heteroatoms. The van der Waals surface area contributed by atoms with E-state index in [1.807, 2.05) is 36.4 Å². The highest BCUT2D eigenvalue weighted by Gasteiger charge is 1.93. The zero-order valence-corrected chi connectivity index (χ0v) is 11.0. The summed E-state index contributed by atoms with van der Waals surface area (Å²) in [6, 6.07) is 11.2. The first-order chi connectivity index (χ1) is 9.28. The quantitative estimate of drug-likeness (QED) is 0.685. The van der Waals surface area contributed by atoms with E-state index in [1.54, 1.807) is 17.8 Å². The Morgan fingerprint density at radius 3 is 2.63 bits per heavy atom. The molecule has 1 aromatic heterocycles. The summed E-state index contributed by atoms with van der Waals surface area (Å²) in [5, 5.41) is 6.29. The summed E-state index contributed by atoms with van der Waals surface area (Å²) in [6.07, 6.45) is 9.00. The highest BCUT2D eigenvalue weighted by molar-refractivity contribution is 7.99. The maximum atomic E-state index is 10.9. The molecular weight excluding hydrogens is 256 g/mol. The minimum Gasteiger partial charge on any atom is -0.268 e. The number of nitrogens with one attached hydrogen (secondary N) is 1. The molecule has 0 aliphatic rings. The Bertz CT molecular complexity index is 645. The van der Waals surface area contributed by atoms with Gasteiger partial charge in [-0.05, 0) is 29.8 Å². The van der Waals surface area contributed by atoms with Gasteiger partial charge in [-0.3, -0.25) is 4.79 Å². The average molecular weight is 268 g/mol. The third-order valence-corrected chi connectivity index (χ3v) is 3.27.